The lowest BCUT2D eigenvalue weighted by Gasteiger charge is -2.35. The van der Waals surface area contributed by atoms with Crippen molar-refractivity contribution in [2.75, 3.05) is 18.1 Å². The molecule has 25 heavy (non-hydrogen) atoms. The van der Waals surface area contributed by atoms with E-state index in [4.69, 9.17) is 4.74 Å². The molecule has 5 nitrogen and oxygen atoms in total. The third-order valence-electron chi connectivity index (χ3n) is 5.31. The van der Waals surface area contributed by atoms with Gasteiger partial charge in [0.1, 0.15) is 11.3 Å². The zero-order chi connectivity index (χ0) is 17.3. The van der Waals surface area contributed by atoms with Crippen LogP contribution in [0, 0.1) is 0 Å². The van der Waals surface area contributed by atoms with E-state index < -0.39 is 5.54 Å². The second kappa shape index (κ2) is 6.39. The summed E-state index contributed by atoms with van der Waals surface area (Å²) in [7, 11) is 0. The Bertz CT molecular complexity index is 778. The summed E-state index contributed by atoms with van der Waals surface area (Å²) in [6, 6.07) is 10.1. The lowest BCUT2D eigenvalue weighted by Crippen LogP contribution is -2.53. The van der Waals surface area contributed by atoms with Gasteiger partial charge in [0.05, 0.1) is 6.61 Å². The molecule has 130 valence electrons. The highest BCUT2D eigenvalue weighted by Crippen LogP contribution is 2.34. The lowest BCUT2D eigenvalue weighted by molar-refractivity contribution is -0.125. The topological polar surface area (TPSA) is 54.5 Å². The van der Waals surface area contributed by atoms with Crippen molar-refractivity contribution in [3.8, 4) is 5.75 Å². The van der Waals surface area contributed by atoms with Crippen molar-refractivity contribution < 1.29 is 9.53 Å². The molecule has 2 aliphatic heterocycles. The van der Waals surface area contributed by atoms with Crippen LogP contribution in [-0.4, -0.2) is 29.6 Å². The molecule has 0 bridgehead atoms. The fraction of sp³-hybridized carbons (Fsp3) is 0.400. The van der Waals surface area contributed by atoms with Crippen LogP contribution in [0.3, 0.4) is 0 Å². The maximum absolute atomic E-state index is 13.0. The maximum atomic E-state index is 13.0. The molecule has 2 aliphatic rings. The summed E-state index contributed by atoms with van der Waals surface area (Å²) in [6.45, 7) is 4.23. The quantitative estimate of drug-likeness (QED) is 0.932. The average molecular weight is 337 g/mol. The molecular weight excluding hydrogens is 314 g/mol. The van der Waals surface area contributed by atoms with Crippen molar-refractivity contribution in [2.45, 2.75) is 38.3 Å². The van der Waals surface area contributed by atoms with E-state index in [1.807, 2.05) is 31.2 Å². The first-order valence-electron chi connectivity index (χ1n) is 8.87. The van der Waals surface area contributed by atoms with Gasteiger partial charge in [-0.15, -0.1) is 0 Å². The first-order valence-corrected chi connectivity index (χ1v) is 8.87. The SMILES string of the molecule is CC1(C(=O)NCc2ccc3c(c2)CCO3)CCCN1c1ccncc1. The van der Waals surface area contributed by atoms with Gasteiger partial charge in [0.25, 0.3) is 0 Å². The van der Waals surface area contributed by atoms with Crippen LogP contribution in [0.5, 0.6) is 5.75 Å². The van der Waals surface area contributed by atoms with Gasteiger partial charge in [-0.1, -0.05) is 12.1 Å². The summed E-state index contributed by atoms with van der Waals surface area (Å²) >= 11 is 0. The van der Waals surface area contributed by atoms with Crippen molar-refractivity contribution in [3.63, 3.8) is 0 Å². The van der Waals surface area contributed by atoms with Gasteiger partial charge in [-0.25, -0.2) is 0 Å². The Morgan fingerprint density at radius 1 is 1.32 bits per heavy atom. The van der Waals surface area contributed by atoms with Crippen LogP contribution in [0.25, 0.3) is 0 Å². The largest absolute Gasteiger partial charge is 0.493 e. The van der Waals surface area contributed by atoms with Crippen LogP contribution in [0.15, 0.2) is 42.7 Å². The summed E-state index contributed by atoms with van der Waals surface area (Å²) < 4.78 is 5.54. The van der Waals surface area contributed by atoms with Crippen molar-refractivity contribution in [1.29, 1.82) is 0 Å². The first kappa shape index (κ1) is 15.9. The van der Waals surface area contributed by atoms with Crippen molar-refractivity contribution >= 4 is 11.6 Å². The summed E-state index contributed by atoms with van der Waals surface area (Å²) in [5.74, 6) is 1.06. The van der Waals surface area contributed by atoms with E-state index in [0.29, 0.717) is 6.54 Å². The Morgan fingerprint density at radius 2 is 2.16 bits per heavy atom. The number of amides is 1. The second-order valence-electron chi connectivity index (χ2n) is 6.96. The standard InChI is InChI=1S/C20H23N3O2/c1-20(8-2-11-23(20)17-5-9-21-10-6-17)19(24)22-14-15-3-4-18-16(13-15)7-12-25-18/h3-6,9-10,13H,2,7-8,11-12,14H2,1H3,(H,22,24). The van der Waals surface area contributed by atoms with E-state index in [0.717, 1.165) is 49.4 Å². The number of aromatic nitrogens is 1. The molecule has 4 rings (SSSR count). The number of nitrogens with one attached hydrogen (secondary N) is 1. The summed E-state index contributed by atoms with van der Waals surface area (Å²) in [5.41, 5.74) is 2.90. The van der Waals surface area contributed by atoms with Gasteiger partial charge in [0.15, 0.2) is 0 Å². The number of fused-ring (bicyclic) bond motifs is 1. The summed E-state index contributed by atoms with van der Waals surface area (Å²) in [6.07, 6.45) is 6.38. The second-order valence-corrected chi connectivity index (χ2v) is 6.96. The number of carbonyl (C=O) groups is 1. The minimum Gasteiger partial charge on any atom is -0.493 e. The Hall–Kier alpha value is -2.56. The van der Waals surface area contributed by atoms with Gasteiger partial charge >= 0.3 is 0 Å². The Balaban J connectivity index is 1.46. The number of pyridine rings is 1. The molecule has 5 heteroatoms. The number of benzene rings is 1. The van der Waals surface area contributed by atoms with E-state index in [1.165, 1.54) is 5.56 Å². The van der Waals surface area contributed by atoms with Crippen LogP contribution < -0.4 is 15.0 Å². The number of rotatable bonds is 4. The molecule has 0 saturated carbocycles. The Morgan fingerprint density at radius 3 is 3.00 bits per heavy atom. The molecular formula is C20H23N3O2. The van der Waals surface area contributed by atoms with E-state index in [-0.39, 0.29) is 5.91 Å². The van der Waals surface area contributed by atoms with Crippen molar-refractivity contribution in [3.05, 3.63) is 53.9 Å². The van der Waals surface area contributed by atoms with Gasteiger partial charge in [0, 0.05) is 37.6 Å². The number of hydrogen-bond acceptors (Lipinski definition) is 4. The molecule has 1 amide bonds. The monoisotopic (exact) mass is 337 g/mol. The number of ether oxygens (including phenoxy) is 1. The fourth-order valence-corrected chi connectivity index (χ4v) is 3.86. The third kappa shape index (κ3) is 2.95. The zero-order valence-corrected chi connectivity index (χ0v) is 14.5. The molecule has 1 fully saturated rings. The normalized spacial score (nSPS) is 21.7. The number of hydrogen-bond donors (Lipinski definition) is 1. The average Bonchev–Trinajstić information content (AvgIpc) is 3.27. The Labute approximate surface area is 148 Å². The van der Waals surface area contributed by atoms with E-state index in [2.05, 4.69) is 21.3 Å². The third-order valence-corrected chi connectivity index (χ3v) is 5.31. The number of carbonyl (C=O) groups excluding carboxylic acids is 1. The predicted molar refractivity (Wildman–Crippen MR) is 96.7 cm³/mol. The lowest BCUT2D eigenvalue weighted by atomic mass is 9.97. The van der Waals surface area contributed by atoms with Gasteiger partial charge < -0.3 is 15.0 Å². The van der Waals surface area contributed by atoms with Crippen LogP contribution in [0.4, 0.5) is 5.69 Å². The number of nitrogens with zero attached hydrogens (tertiary/aromatic N) is 2. The van der Waals surface area contributed by atoms with Crippen LogP contribution in [-0.2, 0) is 17.8 Å². The molecule has 3 heterocycles. The molecule has 1 aromatic heterocycles. The molecule has 1 atom stereocenters. The van der Waals surface area contributed by atoms with E-state index >= 15 is 0 Å². The predicted octanol–water partition coefficient (Wildman–Crippen LogP) is 2.69. The highest BCUT2D eigenvalue weighted by Gasteiger charge is 2.43. The fourth-order valence-electron chi connectivity index (χ4n) is 3.86. The molecule has 1 N–H and O–H groups in total. The first-order chi connectivity index (χ1) is 12.2. The van der Waals surface area contributed by atoms with E-state index in [1.54, 1.807) is 12.4 Å². The molecule has 1 aromatic carbocycles. The van der Waals surface area contributed by atoms with Gasteiger partial charge in [0.2, 0.25) is 5.91 Å². The van der Waals surface area contributed by atoms with Crippen molar-refractivity contribution in [2.24, 2.45) is 0 Å². The van der Waals surface area contributed by atoms with Crippen LogP contribution in [0.1, 0.15) is 30.9 Å². The maximum Gasteiger partial charge on any atom is 0.245 e. The van der Waals surface area contributed by atoms with Gasteiger partial charge in [-0.05, 0) is 49.1 Å². The number of anilines is 1. The Kier molecular flexibility index (Phi) is 4.07. The van der Waals surface area contributed by atoms with E-state index in [9.17, 15) is 4.79 Å². The molecule has 0 spiro atoms. The highest BCUT2D eigenvalue weighted by atomic mass is 16.5. The van der Waals surface area contributed by atoms with Crippen LogP contribution in [0.2, 0.25) is 0 Å². The molecule has 1 unspecified atom stereocenters. The van der Waals surface area contributed by atoms with Crippen molar-refractivity contribution in [1.82, 2.24) is 10.3 Å². The minimum absolute atomic E-state index is 0.0820. The highest BCUT2D eigenvalue weighted by molar-refractivity contribution is 5.90. The summed E-state index contributed by atoms with van der Waals surface area (Å²) in [5, 5.41) is 3.14. The molecule has 0 aliphatic carbocycles. The molecule has 0 radical (unpaired) electrons. The minimum atomic E-state index is -0.513. The molecule has 2 aromatic rings. The smallest absolute Gasteiger partial charge is 0.245 e. The molecule has 1 saturated heterocycles. The van der Waals surface area contributed by atoms with Crippen LogP contribution >= 0.6 is 0 Å². The van der Waals surface area contributed by atoms with Gasteiger partial charge in [-0.3, -0.25) is 9.78 Å². The zero-order valence-electron chi connectivity index (χ0n) is 14.5. The summed E-state index contributed by atoms with van der Waals surface area (Å²) in [4.78, 5) is 19.2. The van der Waals surface area contributed by atoms with Gasteiger partial charge in [-0.2, -0.15) is 0 Å².